The number of benzene rings is 2. The fraction of sp³-hybridized carbons (Fsp3) is 0.143. The second kappa shape index (κ2) is 4.74. The van der Waals surface area contributed by atoms with Gasteiger partial charge in [-0.05, 0) is 17.7 Å². The molecule has 5 heteroatoms. The average Bonchev–Trinajstić information content (AvgIpc) is 2.72. The fourth-order valence-electron chi connectivity index (χ4n) is 1.79. The van der Waals surface area contributed by atoms with Crippen molar-refractivity contribution in [3.05, 3.63) is 54.1 Å². The molecule has 0 unspecified atom stereocenters. The molecule has 98 valence electrons. The smallest absolute Gasteiger partial charge is 0.395 e. The van der Waals surface area contributed by atoms with Gasteiger partial charge in [-0.15, -0.1) is 20.5 Å². The standard InChI is InChI=1S/C14H10F2O2S/c15-14(16)17-11-7-4-8-12(13(11)18-14)19-9-10-5-2-1-3-6-10/h1-8H,9H2. The lowest BCUT2D eigenvalue weighted by Gasteiger charge is -2.07. The van der Waals surface area contributed by atoms with Crippen LogP contribution >= 0.6 is 11.8 Å². The molecule has 0 bridgehead atoms. The van der Waals surface area contributed by atoms with Gasteiger partial charge in [-0.2, -0.15) is 0 Å². The molecule has 0 saturated heterocycles. The molecular weight excluding hydrogens is 270 g/mol. The normalized spacial score (nSPS) is 15.5. The zero-order chi connectivity index (χ0) is 13.3. The van der Waals surface area contributed by atoms with Crippen molar-refractivity contribution in [2.45, 2.75) is 16.9 Å². The molecule has 0 aliphatic carbocycles. The van der Waals surface area contributed by atoms with Gasteiger partial charge in [0.15, 0.2) is 11.5 Å². The molecule has 0 N–H and O–H groups in total. The maximum absolute atomic E-state index is 13.0. The molecule has 0 aromatic heterocycles. The molecule has 3 rings (SSSR count). The Balaban J connectivity index is 1.79. The molecule has 0 saturated carbocycles. The van der Waals surface area contributed by atoms with Gasteiger partial charge >= 0.3 is 6.29 Å². The maximum Gasteiger partial charge on any atom is 0.586 e. The van der Waals surface area contributed by atoms with Crippen LogP contribution in [0.25, 0.3) is 0 Å². The first-order valence-electron chi connectivity index (χ1n) is 5.70. The number of halogens is 2. The van der Waals surface area contributed by atoms with Crippen LogP contribution in [0.1, 0.15) is 5.56 Å². The first-order chi connectivity index (χ1) is 9.14. The van der Waals surface area contributed by atoms with Crippen LogP contribution in [-0.2, 0) is 5.75 Å². The highest BCUT2D eigenvalue weighted by Crippen LogP contribution is 2.47. The van der Waals surface area contributed by atoms with Crippen molar-refractivity contribution < 1.29 is 18.3 Å². The molecule has 0 radical (unpaired) electrons. The van der Waals surface area contributed by atoms with Crippen LogP contribution < -0.4 is 9.47 Å². The number of hydrogen-bond acceptors (Lipinski definition) is 3. The highest BCUT2D eigenvalue weighted by Gasteiger charge is 2.44. The van der Waals surface area contributed by atoms with Crippen molar-refractivity contribution in [1.29, 1.82) is 0 Å². The summed E-state index contributed by atoms with van der Waals surface area (Å²) < 4.78 is 35.0. The van der Waals surface area contributed by atoms with Gasteiger partial charge in [0.25, 0.3) is 0 Å². The molecule has 2 aromatic rings. The molecule has 0 fully saturated rings. The van der Waals surface area contributed by atoms with Gasteiger partial charge in [0, 0.05) is 5.75 Å². The summed E-state index contributed by atoms with van der Waals surface area (Å²) in [5, 5.41) is 0. The Morgan fingerprint density at radius 1 is 0.947 bits per heavy atom. The second-order valence-electron chi connectivity index (χ2n) is 4.03. The van der Waals surface area contributed by atoms with Crippen LogP contribution in [0.3, 0.4) is 0 Å². The first kappa shape index (κ1) is 12.3. The van der Waals surface area contributed by atoms with E-state index in [1.54, 1.807) is 12.1 Å². The molecule has 2 aromatic carbocycles. The Kier molecular flexibility index (Phi) is 3.06. The van der Waals surface area contributed by atoms with Crippen molar-refractivity contribution >= 4 is 11.8 Å². The summed E-state index contributed by atoms with van der Waals surface area (Å²) in [4.78, 5) is 0.651. The van der Waals surface area contributed by atoms with E-state index in [0.717, 1.165) is 5.56 Å². The summed E-state index contributed by atoms with van der Waals surface area (Å²) in [5.41, 5.74) is 1.12. The van der Waals surface area contributed by atoms with Crippen LogP contribution in [0.15, 0.2) is 53.4 Å². The largest absolute Gasteiger partial charge is 0.586 e. The number of thioether (sulfide) groups is 1. The van der Waals surface area contributed by atoms with E-state index in [0.29, 0.717) is 10.6 Å². The lowest BCUT2D eigenvalue weighted by Crippen LogP contribution is -2.26. The van der Waals surface area contributed by atoms with E-state index >= 15 is 0 Å². The first-order valence-corrected chi connectivity index (χ1v) is 6.68. The topological polar surface area (TPSA) is 18.5 Å². The van der Waals surface area contributed by atoms with Gasteiger partial charge < -0.3 is 9.47 Å². The Hall–Kier alpha value is -1.75. The minimum Gasteiger partial charge on any atom is -0.395 e. The van der Waals surface area contributed by atoms with Gasteiger partial charge in [-0.25, -0.2) is 0 Å². The monoisotopic (exact) mass is 280 g/mol. The van der Waals surface area contributed by atoms with E-state index in [1.165, 1.54) is 17.8 Å². The Labute approximate surface area is 113 Å². The lowest BCUT2D eigenvalue weighted by molar-refractivity contribution is -0.287. The zero-order valence-electron chi connectivity index (χ0n) is 9.81. The quantitative estimate of drug-likeness (QED) is 0.781. The molecule has 0 atom stereocenters. The summed E-state index contributed by atoms with van der Waals surface area (Å²) >= 11 is 1.44. The van der Waals surface area contributed by atoms with E-state index in [2.05, 4.69) is 9.47 Å². The summed E-state index contributed by atoms with van der Waals surface area (Å²) in [7, 11) is 0. The third kappa shape index (κ3) is 2.66. The predicted octanol–water partition coefficient (Wildman–Crippen LogP) is 4.30. The minimum absolute atomic E-state index is 0.0862. The molecule has 1 aliphatic heterocycles. The Bertz CT molecular complexity index is 587. The van der Waals surface area contributed by atoms with E-state index in [-0.39, 0.29) is 11.5 Å². The Morgan fingerprint density at radius 3 is 2.53 bits per heavy atom. The van der Waals surface area contributed by atoms with E-state index in [4.69, 9.17) is 0 Å². The third-order valence-electron chi connectivity index (χ3n) is 2.63. The highest BCUT2D eigenvalue weighted by molar-refractivity contribution is 7.98. The van der Waals surface area contributed by atoms with Crippen molar-refractivity contribution in [1.82, 2.24) is 0 Å². The summed E-state index contributed by atoms with van der Waals surface area (Å²) in [6.07, 6.45) is -3.56. The molecule has 0 spiro atoms. The van der Waals surface area contributed by atoms with Crippen molar-refractivity contribution in [3.8, 4) is 11.5 Å². The molecule has 1 aliphatic rings. The number of rotatable bonds is 3. The van der Waals surface area contributed by atoms with Gasteiger partial charge in [0.2, 0.25) is 0 Å². The summed E-state index contributed by atoms with van der Waals surface area (Å²) in [5.74, 6) is 0.892. The lowest BCUT2D eigenvalue weighted by atomic mass is 10.2. The van der Waals surface area contributed by atoms with E-state index in [9.17, 15) is 8.78 Å². The fourth-order valence-corrected chi connectivity index (χ4v) is 2.76. The molecule has 2 nitrogen and oxygen atoms in total. The van der Waals surface area contributed by atoms with Gasteiger partial charge in [-0.1, -0.05) is 36.4 Å². The maximum atomic E-state index is 13.0. The second-order valence-corrected chi connectivity index (χ2v) is 5.04. The van der Waals surface area contributed by atoms with Crippen LogP contribution in [0, 0.1) is 0 Å². The SMILES string of the molecule is FC1(F)Oc2cccc(SCc3ccccc3)c2O1. The third-order valence-corrected chi connectivity index (χ3v) is 3.74. The van der Waals surface area contributed by atoms with Crippen LogP contribution in [0.5, 0.6) is 11.5 Å². The zero-order valence-corrected chi connectivity index (χ0v) is 10.6. The molecule has 0 amide bonds. The molecular formula is C14H10F2O2S. The van der Waals surface area contributed by atoms with Gasteiger partial charge in [0.05, 0.1) is 4.90 Å². The van der Waals surface area contributed by atoms with Gasteiger partial charge in [0.1, 0.15) is 0 Å². The van der Waals surface area contributed by atoms with Gasteiger partial charge in [-0.3, -0.25) is 0 Å². The number of para-hydroxylation sites is 1. The van der Waals surface area contributed by atoms with E-state index in [1.807, 2.05) is 30.3 Å². The van der Waals surface area contributed by atoms with Crippen molar-refractivity contribution in [2.75, 3.05) is 0 Å². The van der Waals surface area contributed by atoms with Crippen LogP contribution in [0.2, 0.25) is 0 Å². The Morgan fingerprint density at radius 2 is 1.74 bits per heavy atom. The number of fused-ring (bicyclic) bond motifs is 1. The summed E-state index contributed by atoms with van der Waals surface area (Å²) in [6.45, 7) is 0. The predicted molar refractivity (Wildman–Crippen MR) is 68.6 cm³/mol. The van der Waals surface area contributed by atoms with Crippen molar-refractivity contribution in [3.63, 3.8) is 0 Å². The van der Waals surface area contributed by atoms with Crippen molar-refractivity contribution in [2.24, 2.45) is 0 Å². The summed E-state index contributed by atoms with van der Waals surface area (Å²) in [6, 6.07) is 14.7. The van der Waals surface area contributed by atoms with Crippen LogP contribution in [0.4, 0.5) is 8.78 Å². The average molecular weight is 280 g/mol. The number of ether oxygens (including phenoxy) is 2. The highest BCUT2D eigenvalue weighted by atomic mass is 32.2. The molecule has 1 heterocycles. The van der Waals surface area contributed by atoms with Crippen LogP contribution in [-0.4, -0.2) is 6.29 Å². The minimum atomic E-state index is -3.56. The molecule has 19 heavy (non-hydrogen) atoms. The number of hydrogen-bond donors (Lipinski definition) is 0. The number of alkyl halides is 2. The van der Waals surface area contributed by atoms with E-state index < -0.39 is 6.29 Å².